The van der Waals surface area contributed by atoms with E-state index in [1.165, 1.54) is 6.07 Å². The molecular formula is C16H18FNO. The topological polar surface area (TPSA) is 35.2 Å². The number of rotatable bonds is 5. The van der Waals surface area contributed by atoms with E-state index in [9.17, 15) is 4.39 Å². The highest BCUT2D eigenvalue weighted by atomic mass is 19.1. The fraction of sp³-hybridized carbons (Fsp3) is 0.250. The van der Waals surface area contributed by atoms with Crippen LogP contribution in [0.1, 0.15) is 22.8 Å². The molecule has 2 aromatic rings. The third-order valence-corrected chi connectivity index (χ3v) is 3.03. The fourth-order valence-corrected chi connectivity index (χ4v) is 1.98. The minimum Gasteiger partial charge on any atom is -0.367 e. The first-order valence-corrected chi connectivity index (χ1v) is 6.32. The molecule has 100 valence electrons. The highest BCUT2D eigenvalue weighted by Gasteiger charge is 2.11. The molecule has 0 aliphatic rings. The summed E-state index contributed by atoms with van der Waals surface area (Å²) in [6.45, 7) is 2.62. The lowest BCUT2D eigenvalue weighted by molar-refractivity contribution is 0.0440. The summed E-state index contributed by atoms with van der Waals surface area (Å²) in [5.74, 6) is -0.248. The molecule has 0 aromatic heterocycles. The van der Waals surface area contributed by atoms with E-state index < -0.39 is 0 Å². The Morgan fingerprint density at radius 3 is 2.63 bits per heavy atom. The molecule has 0 fully saturated rings. The van der Waals surface area contributed by atoms with Crippen molar-refractivity contribution in [3.05, 3.63) is 71.0 Å². The van der Waals surface area contributed by atoms with Gasteiger partial charge in [-0.3, -0.25) is 0 Å². The van der Waals surface area contributed by atoms with Crippen LogP contribution in [0.15, 0.2) is 48.5 Å². The molecule has 3 heteroatoms. The number of nitrogens with two attached hydrogens (primary N) is 1. The summed E-state index contributed by atoms with van der Waals surface area (Å²) in [7, 11) is 0. The van der Waals surface area contributed by atoms with Crippen molar-refractivity contribution in [3.63, 3.8) is 0 Å². The molecular weight excluding hydrogens is 241 g/mol. The Balaban J connectivity index is 2.06. The first-order valence-electron chi connectivity index (χ1n) is 6.32. The van der Waals surface area contributed by atoms with Crippen molar-refractivity contribution in [2.24, 2.45) is 5.73 Å². The van der Waals surface area contributed by atoms with Crippen LogP contribution in [-0.2, 0) is 11.3 Å². The third-order valence-electron chi connectivity index (χ3n) is 3.03. The van der Waals surface area contributed by atoms with Gasteiger partial charge < -0.3 is 10.5 Å². The van der Waals surface area contributed by atoms with E-state index in [0.717, 1.165) is 11.1 Å². The molecule has 0 heterocycles. The van der Waals surface area contributed by atoms with Gasteiger partial charge in [0.05, 0.1) is 12.7 Å². The molecule has 0 radical (unpaired) electrons. The Morgan fingerprint density at radius 2 is 1.95 bits per heavy atom. The standard InChI is InChI=1S/C16H18FNO/c1-12-5-4-7-13(9-12)16(10-18)19-11-14-6-2-3-8-15(14)17/h2-9,16H,10-11,18H2,1H3. The molecule has 0 aliphatic carbocycles. The van der Waals surface area contributed by atoms with E-state index in [0.29, 0.717) is 12.1 Å². The summed E-state index contributed by atoms with van der Waals surface area (Å²) in [5.41, 5.74) is 8.47. The largest absolute Gasteiger partial charge is 0.367 e. The SMILES string of the molecule is Cc1cccc(C(CN)OCc2ccccc2F)c1. The molecule has 1 unspecified atom stereocenters. The van der Waals surface area contributed by atoms with Gasteiger partial charge in [0.1, 0.15) is 5.82 Å². The molecule has 2 nitrogen and oxygen atoms in total. The number of hydrogen-bond acceptors (Lipinski definition) is 2. The van der Waals surface area contributed by atoms with Gasteiger partial charge in [-0.1, -0.05) is 48.0 Å². The zero-order valence-corrected chi connectivity index (χ0v) is 11.0. The Bertz CT molecular complexity index is 542. The Hall–Kier alpha value is -1.71. The number of ether oxygens (including phenoxy) is 1. The molecule has 2 aromatic carbocycles. The van der Waals surface area contributed by atoms with E-state index >= 15 is 0 Å². The van der Waals surface area contributed by atoms with Crippen molar-refractivity contribution >= 4 is 0 Å². The minimum atomic E-state index is -0.248. The molecule has 1 atom stereocenters. The van der Waals surface area contributed by atoms with Gasteiger partial charge in [0, 0.05) is 12.1 Å². The van der Waals surface area contributed by atoms with Crippen molar-refractivity contribution in [1.82, 2.24) is 0 Å². The summed E-state index contributed by atoms with van der Waals surface area (Å²) < 4.78 is 19.2. The molecule has 0 saturated carbocycles. The van der Waals surface area contributed by atoms with Crippen LogP contribution in [0.2, 0.25) is 0 Å². The fourth-order valence-electron chi connectivity index (χ4n) is 1.98. The zero-order chi connectivity index (χ0) is 13.7. The summed E-state index contributed by atoms with van der Waals surface area (Å²) >= 11 is 0. The highest BCUT2D eigenvalue weighted by molar-refractivity contribution is 5.24. The van der Waals surface area contributed by atoms with Crippen molar-refractivity contribution < 1.29 is 9.13 Å². The maximum absolute atomic E-state index is 13.5. The summed E-state index contributed by atoms with van der Waals surface area (Å²) in [4.78, 5) is 0. The maximum atomic E-state index is 13.5. The Morgan fingerprint density at radius 1 is 1.16 bits per heavy atom. The van der Waals surface area contributed by atoms with E-state index in [-0.39, 0.29) is 18.5 Å². The van der Waals surface area contributed by atoms with Crippen LogP contribution in [0, 0.1) is 12.7 Å². The minimum absolute atomic E-state index is 0.209. The molecule has 0 saturated heterocycles. The van der Waals surface area contributed by atoms with Gasteiger partial charge in [-0.25, -0.2) is 4.39 Å². The predicted molar refractivity (Wildman–Crippen MR) is 74.2 cm³/mol. The number of hydrogen-bond donors (Lipinski definition) is 1. The van der Waals surface area contributed by atoms with Crippen LogP contribution in [-0.4, -0.2) is 6.54 Å². The van der Waals surface area contributed by atoms with Crippen molar-refractivity contribution in [2.45, 2.75) is 19.6 Å². The Kier molecular flexibility index (Phi) is 4.66. The second-order valence-corrected chi connectivity index (χ2v) is 4.54. The van der Waals surface area contributed by atoms with Crippen LogP contribution < -0.4 is 5.73 Å². The lowest BCUT2D eigenvalue weighted by atomic mass is 10.1. The van der Waals surface area contributed by atoms with Crippen LogP contribution in [0.4, 0.5) is 4.39 Å². The summed E-state index contributed by atoms with van der Waals surface area (Å²) in [5, 5.41) is 0. The lowest BCUT2D eigenvalue weighted by Crippen LogP contribution is -2.16. The molecule has 0 spiro atoms. The Labute approximate surface area is 113 Å². The first kappa shape index (κ1) is 13.7. The molecule has 2 rings (SSSR count). The molecule has 19 heavy (non-hydrogen) atoms. The second-order valence-electron chi connectivity index (χ2n) is 4.54. The van der Waals surface area contributed by atoms with E-state index in [1.54, 1.807) is 18.2 Å². The zero-order valence-electron chi connectivity index (χ0n) is 11.0. The van der Waals surface area contributed by atoms with Crippen LogP contribution >= 0.6 is 0 Å². The van der Waals surface area contributed by atoms with Crippen LogP contribution in [0.3, 0.4) is 0 Å². The van der Waals surface area contributed by atoms with Gasteiger partial charge >= 0.3 is 0 Å². The second kappa shape index (κ2) is 6.45. The van der Waals surface area contributed by atoms with Crippen LogP contribution in [0.5, 0.6) is 0 Å². The van der Waals surface area contributed by atoms with E-state index in [4.69, 9.17) is 10.5 Å². The van der Waals surface area contributed by atoms with E-state index in [1.807, 2.05) is 31.2 Å². The normalized spacial score (nSPS) is 12.4. The van der Waals surface area contributed by atoms with Crippen molar-refractivity contribution in [3.8, 4) is 0 Å². The van der Waals surface area contributed by atoms with Gasteiger partial charge in [0.15, 0.2) is 0 Å². The molecule has 0 bridgehead atoms. The maximum Gasteiger partial charge on any atom is 0.128 e. The van der Waals surface area contributed by atoms with Gasteiger partial charge in [-0.15, -0.1) is 0 Å². The number of benzene rings is 2. The van der Waals surface area contributed by atoms with Gasteiger partial charge in [0.2, 0.25) is 0 Å². The first-order chi connectivity index (χ1) is 9.20. The smallest absolute Gasteiger partial charge is 0.128 e. The van der Waals surface area contributed by atoms with Gasteiger partial charge in [-0.05, 0) is 18.6 Å². The summed E-state index contributed by atoms with van der Waals surface area (Å²) in [6.07, 6.45) is -0.209. The molecule has 2 N–H and O–H groups in total. The average Bonchev–Trinajstić information content (AvgIpc) is 2.41. The van der Waals surface area contributed by atoms with Gasteiger partial charge in [0.25, 0.3) is 0 Å². The average molecular weight is 259 g/mol. The third kappa shape index (κ3) is 3.63. The number of halogens is 1. The molecule has 0 aliphatic heterocycles. The van der Waals surface area contributed by atoms with Crippen molar-refractivity contribution in [2.75, 3.05) is 6.54 Å². The van der Waals surface area contributed by atoms with Crippen molar-refractivity contribution in [1.29, 1.82) is 0 Å². The number of aryl methyl sites for hydroxylation is 1. The molecule has 0 amide bonds. The quantitative estimate of drug-likeness (QED) is 0.893. The van der Waals surface area contributed by atoms with E-state index in [2.05, 4.69) is 0 Å². The monoisotopic (exact) mass is 259 g/mol. The lowest BCUT2D eigenvalue weighted by Gasteiger charge is -2.17. The predicted octanol–water partition coefficient (Wildman–Crippen LogP) is 3.35. The highest BCUT2D eigenvalue weighted by Crippen LogP contribution is 2.20. The van der Waals surface area contributed by atoms with Gasteiger partial charge in [-0.2, -0.15) is 0 Å². The van der Waals surface area contributed by atoms with Crippen LogP contribution in [0.25, 0.3) is 0 Å². The summed E-state index contributed by atoms with van der Waals surface area (Å²) in [6, 6.07) is 14.6.